The van der Waals surface area contributed by atoms with Crippen LogP contribution in [-0.2, 0) is 9.59 Å². The van der Waals surface area contributed by atoms with Crippen molar-refractivity contribution in [1.82, 2.24) is 15.1 Å². The molecule has 6 nitrogen and oxygen atoms in total. The van der Waals surface area contributed by atoms with E-state index in [1.54, 1.807) is 0 Å². The molecule has 0 aliphatic carbocycles. The Labute approximate surface area is 74.1 Å². The minimum atomic E-state index is -0.221. The van der Waals surface area contributed by atoms with Gasteiger partial charge in [-0.25, -0.2) is 0 Å². The first-order valence-corrected chi connectivity index (χ1v) is 4.01. The Hall–Kier alpha value is -1.72. The van der Waals surface area contributed by atoms with E-state index >= 15 is 0 Å². The maximum atomic E-state index is 11.3. The van der Waals surface area contributed by atoms with Crippen LogP contribution in [0.2, 0.25) is 0 Å². The Bertz CT molecular complexity index is 316. The Morgan fingerprint density at radius 1 is 1.23 bits per heavy atom. The fourth-order valence-corrected chi connectivity index (χ4v) is 1.28. The Kier molecular flexibility index (Phi) is 1.80. The Balaban J connectivity index is 2.29. The second kappa shape index (κ2) is 2.96. The summed E-state index contributed by atoms with van der Waals surface area (Å²) in [5.74, 6) is -0.441. The summed E-state index contributed by atoms with van der Waals surface area (Å²) in [6, 6.07) is 0. The number of rotatable bonds is 1. The molecule has 0 atom stereocenters. The standard InChI is InChI=1S/C7H8N4O2/c12-6-2-1-3-7(13)11(6)10-5-4-8-9-10/h4-5H,1-3H2. The molecule has 1 aliphatic rings. The van der Waals surface area contributed by atoms with E-state index in [-0.39, 0.29) is 11.8 Å². The lowest BCUT2D eigenvalue weighted by molar-refractivity contribution is -0.131. The molecule has 2 heterocycles. The number of carbonyl (C=O) groups is 2. The molecular formula is C7H8N4O2. The van der Waals surface area contributed by atoms with Crippen molar-refractivity contribution in [3.8, 4) is 0 Å². The van der Waals surface area contributed by atoms with Gasteiger partial charge in [-0.2, -0.15) is 5.01 Å². The van der Waals surface area contributed by atoms with Crippen molar-refractivity contribution < 1.29 is 9.59 Å². The summed E-state index contributed by atoms with van der Waals surface area (Å²) in [6.45, 7) is 0. The van der Waals surface area contributed by atoms with Gasteiger partial charge in [-0.15, -0.1) is 9.89 Å². The van der Waals surface area contributed by atoms with Gasteiger partial charge in [0.15, 0.2) is 0 Å². The molecule has 2 amide bonds. The number of aromatic nitrogens is 3. The smallest absolute Gasteiger partial charge is 0.249 e. The number of carbonyl (C=O) groups excluding carboxylic acids is 2. The fraction of sp³-hybridized carbons (Fsp3) is 0.429. The van der Waals surface area contributed by atoms with Crippen molar-refractivity contribution in [1.29, 1.82) is 0 Å². The molecule has 2 rings (SSSR count). The van der Waals surface area contributed by atoms with Crippen molar-refractivity contribution in [2.45, 2.75) is 19.3 Å². The maximum Gasteiger partial charge on any atom is 0.249 e. The summed E-state index contributed by atoms with van der Waals surface area (Å²) in [5.41, 5.74) is 0. The second-order valence-electron chi connectivity index (χ2n) is 2.78. The molecule has 1 aromatic heterocycles. The number of hydrogen-bond donors (Lipinski definition) is 0. The predicted molar refractivity (Wildman–Crippen MR) is 42.1 cm³/mol. The number of piperidine rings is 1. The molecule has 1 aliphatic heterocycles. The second-order valence-corrected chi connectivity index (χ2v) is 2.78. The molecule has 1 fully saturated rings. The molecule has 0 saturated carbocycles. The minimum Gasteiger partial charge on any atom is -0.272 e. The zero-order chi connectivity index (χ0) is 9.26. The van der Waals surface area contributed by atoms with Gasteiger partial charge in [0.1, 0.15) is 0 Å². The van der Waals surface area contributed by atoms with E-state index in [9.17, 15) is 9.59 Å². The van der Waals surface area contributed by atoms with E-state index in [0.29, 0.717) is 19.3 Å². The van der Waals surface area contributed by atoms with Crippen LogP contribution in [0.3, 0.4) is 0 Å². The van der Waals surface area contributed by atoms with Gasteiger partial charge in [-0.05, 0) is 11.6 Å². The maximum absolute atomic E-state index is 11.3. The van der Waals surface area contributed by atoms with Crippen molar-refractivity contribution in [3.63, 3.8) is 0 Å². The van der Waals surface area contributed by atoms with E-state index in [2.05, 4.69) is 10.3 Å². The van der Waals surface area contributed by atoms with Gasteiger partial charge < -0.3 is 0 Å². The predicted octanol–water partition coefficient (Wildman–Crippen LogP) is -0.547. The molecule has 68 valence electrons. The molecule has 1 aromatic rings. The normalized spacial score (nSPS) is 18.0. The molecule has 13 heavy (non-hydrogen) atoms. The van der Waals surface area contributed by atoms with Crippen molar-refractivity contribution >= 4 is 11.8 Å². The van der Waals surface area contributed by atoms with Crippen LogP contribution in [0.1, 0.15) is 19.3 Å². The lowest BCUT2D eigenvalue weighted by atomic mass is 10.1. The zero-order valence-electron chi connectivity index (χ0n) is 6.88. The average Bonchev–Trinajstić information content (AvgIpc) is 2.57. The summed E-state index contributed by atoms with van der Waals surface area (Å²) in [7, 11) is 0. The molecule has 0 unspecified atom stereocenters. The number of amides is 2. The fourth-order valence-electron chi connectivity index (χ4n) is 1.28. The number of nitrogens with zero attached hydrogens (tertiary/aromatic N) is 4. The van der Waals surface area contributed by atoms with Crippen LogP contribution >= 0.6 is 0 Å². The van der Waals surface area contributed by atoms with Crippen LogP contribution in [0.4, 0.5) is 0 Å². The molecule has 0 bridgehead atoms. The van der Waals surface area contributed by atoms with Gasteiger partial charge in [-0.3, -0.25) is 9.59 Å². The first-order chi connectivity index (χ1) is 6.29. The van der Waals surface area contributed by atoms with Gasteiger partial charge >= 0.3 is 0 Å². The molecule has 1 saturated heterocycles. The van der Waals surface area contributed by atoms with Crippen molar-refractivity contribution in [3.05, 3.63) is 12.4 Å². The average molecular weight is 180 g/mol. The monoisotopic (exact) mass is 180 g/mol. The van der Waals surface area contributed by atoms with Gasteiger partial charge in [0.05, 0.1) is 12.4 Å². The number of hydrogen-bond acceptors (Lipinski definition) is 4. The highest BCUT2D eigenvalue weighted by atomic mass is 16.2. The van der Waals surface area contributed by atoms with Gasteiger partial charge in [0, 0.05) is 12.8 Å². The van der Waals surface area contributed by atoms with Crippen LogP contribution in [0, 0.1) is 0 Å². The lowest BCUT2D eigenvalue weighted by Gasteiger charge is -2.23. The molecule has 0 radical (unpaired) electrons. The first kappa shape index (κ1) is 7.90. The van der Waals surface area contributed by atoms with Crippen LogP contribution in [0.25, 0.3) is 0 Å². The SMILES string of the molecule is O=C1CCCC(=O)N1n1ccnn1. The summed E-state index contributed by atoms with van der Waals surface area (Å²) >= 11 is 0. The first-order valence-electron chi connectivity index (χ1n) is 4.01. The third kappa shape index (κ3) is 1.30. The zero-order valence-corrected chi connectivity index (χ0v) is 6.88. The summed E-state index contributed by atoms with van der Waals surface area (Å²) in [5, 5.41) is 8.15. The highest BCUT2D eigenvalue weighted by Crippen LogP contribution is 2.09. The minimum absolute atomic E-state index is 0.221. The third-order valence-corrected chi connectivity index (χ3v) is 1.87. The van der Waals surface area contributed by atoms with E-state index in [1.165, 1.54) is 17.2 Å². The Morgan fingerprint density at radius 3 is 2.46 bits per heavy atom. The lowest BCUT2D eigenvalue weighted by Crippen LogP contribution is -2.48. The quantitative estimate of drug-likeness (QED) is 0.544. The Morgan fingerprint density at radius 2 is 1.92 bits per heavy atom. The highest BCUT2D eigenvalue weighted by Gasteiger charge is 2.27. The number of imide groups is 1. The molecular weight excluding hydrogens is 172 g/mol. The third-order valence-electron chi connectivity index (χ3n) is 1.87. The van der Waals surface area contributed by atoms with Crippen LogP contribution in [0.5, 0.6) is 0 Å². The summed E-state index contributed by atoms with van der Waals surface area (Å²) < 4.78 is 0. The van der Waals surface area contributed by atoms with Crippen molar-refractivity contribution in [2.75, 3.05) is 5.01 Å². The molecule has 6 heteroatoms. The van der Waals surface area contributed by atoms with E-state index in [0.717, 1.165) is 5.01 Å². The van der Waals surface area contributed by atoms with Gasteiger partial charge in [-0.1, -0.05) is 0 Å². The van der Waals surface area contributed by atoms with Gasteiger partial charge in [0.2, 0.25) is 11.8 Å². The van der Waals surface area contributed by atoms with Crippen molar-refractivity contribution in [2.24, 2.45) is 0 Å². The summed E-state index contributed by atoms with van der Waals surface area (Å²) in [4.78, 5) is 23.8. The largest absolute Gasteiger partial charge is 0.272 e. The van der Waals surface area contributed by atoms with Crippen LogP contribution in [-0.4, -0.2) is 26.9 Å². The van der Waals surface area contributed by atoms with E-state index in [1.807, 2.05) is 0 Å². The van der Waals surface area contributed by atoms with Crippen LogP contribution < -0.4 is 5.01 Å². The topological polar surface area (TPSA) is 68.1 Å². The van der Waals surface area contributed by atoms with Gasteiger partial charge in [0.25, 0.3) is 0 Å². The highest BCUT2D eigenvalue weighted by molar-refractivity contribution is 6.09. The molecule has 0 spiro atoms. The van der Waals surface area contributed by atoms with Crippen LogP contribution in [0.15, 0.2) is 12.4 Å². The molecule has 0 aromatic carbocycles. The van der Waals surface area contributed by atoms with E-state index < -0.39 is 0 Å². The molecule has 0 N–H and O–H groups in total. The van der Waals surface area contributed by atoms with E-state index in [4.69, 9.17) is 0 Å². The summed E-state index contributed by atoms with van der Waals surface area (Å²) in [6.07, 6.45) is 4.32.